The second kappa shape index (κ2) is 6.59. The van der Waals surface area contributed by atoms with Crippen molar-refractivity contribution in [3.8, 4) is 0 Å². The Labute approximate surface area is 122 Å². The molecule has 1 unspecified atom stereocenters. The van der Waals surface area contributed by atoms with Gasteiger partial charge in [0, 0.05) is 31.9 Å². The van der Waals surface area contributed by atoms with Crippen molar-refractivity contribution in [2.24, 2.45) is 5.92 Å². The molecule has 0 aromatic heterocycles. The van der Waals surface area contributed by atoms with Crippen molar-refractivity contribution in [1.82, 2.24) is 5.32 Å². The van der Waals surface area contributed by atoms with Gasteiger partial charge in [0.15, 0.2) is 0 Å². The van der Waals surface area contributed by atoms with Gasteiger partial charge in [-0.2, -0.15) is 0 Å². The van der Waals surface area contributed by atoms with Crippen LogP contribution >= 0.6 is 0 Å². The molecule has 0 amide bonds. The van der Waals surface area contributed by atoms with E-state index in [4.69, 9.17) is 4.74 Å². The summed E-state index contributed by atoms with van der Waals surface area (Å²) in [6, 6.07) is 9.39. The SMILES string of the molecule is COCC(NCCCN1CCc2ccccc21)C1CC1. The van der Waals surface area contributed by atoms with Crippen LogP contribution in [0.5, 0.6) is 0 Å². The monoisotopic (exact) mass is 274 g/mol. The van der Waals surface area contributed by atoms with Crippen molar-refractivity contribution in [1.29, 1.82) is 0 Å². The van der Waals surface area contributed by atoms with Gasteiger partial charge >= 0.3 is 0 Å². The van der Waals surface area contributed by atoms with E-state index in [9.17, 15) is 0 Å². The molecule has 0 spiro atoms. The highest BCUT2D eigenvalue weighted by Gasteiger charge is 2.30. The lowest BCUT2D eigenvalue weighted by molar-refractivity contribution is 0.157. The third-order valence-corrected chi connectivity index (χ3v) is 4.53. The smallest absolute Gasteiger partial charge is 0.0618 e. The lowest BCUT2D eigenvalue weighted by Crippen LogP contribution is -2.37. The highest BCUT2D eigenvalue weighted by atomic mass is 16.5. The summed E-state index contributed by atoms with van der Waals surface area (Å²) in [6.07, 6.45) is 5.17. The van der Waals surface area contributed by atoms with Crippen molar-refractivity contribution < 1.29 is 4.74 Å². The second-order valence-electron chi connectivity index (χ2n) is 6.07. The predicted molar refractivity (Wildman–Crippen MR) is 83.4 cm³/mol. The minimum Gasteiger partial charge on any atom is -0.383 e. The summed E-state index contributed by atoms with van der Waals surface area (Å²) in [5.74, 6) is 0.863. The highest BCUT2D eigenvalue weighted by Crippen LogP contribution is 2.32. The number of fused-ring (bicyclic) bond motifs is 1. The van der Waals surface area contributed by atoms with Crippen LogP contribution in [0.2, 0.25) is 0 Å². The zero-order valence-corrected chi connectivity index (χ0v) is 12.5. The van der Waals surface area contributed by atoms with Crippen LogP contribution in [-0.2, 0) is 11.2 Å². The average molecular weight is 274 g/mol. The fourth-order valence-corrected chi connectivity index (χ4v) is 3.24. The van der Waals surface area contributed by atoms with E-state index in [0.717, 1.165) is 25.6 Å². The zero-order valence-electron chi connectivity index (χ0n) is 12.5. The molecular weight excluding hydrogens is 248 g/mol. The molecule has 0 saturated heterocycles. The van der Waals surface area contributed by atoms with Gasteiger partial charge in [0.1, 0.15) is 0 Å². The van der Waals surface area contributed by atoms with Crippen molar-refractivity contribution in [3.63, 3.8) is 0 Å². The van der Waals surface area contributed by atoms with E-state index in [1.165, 1.54) is 43.5 Å². The highest BCUT2D eigenvalue weighted by molar-refractivity contribution is 5.57. The number of rotatable bonds is 8. The van der Waals surface area contributed by atoms with Gasteiger partial charge < -0.3 is 15.0 Å². The first-order chi connectivity index (χ1) is 9.88. The molecule has 3 nitrogen and oxygen atoms in total. The number of anilines is 1. The average Bonchev–Trinajstić information content (AvgIpc) is 3.24. The first-order valence-corrected chi connectivity index (χ1v) is 7.93. The number of methoxy groups -OCH3 is 1. The Kier molecular flexibility index (Phi) is 4.58. The quantitative estimate of drug-likeness (QED) is 0.737. The molecule has 1 fully saturated rings. The Morgan fingerprint density at radius 3 is 3.00 bits per heavy atom. The van der Waals surface area contributed by atoms with Crippen LogP contribution < -0.4 is 10.2 Å². The van der Waals surface area contributed by atoms with Crippen molar-refractivity contribution in [2.75, 3.05) is 38.3 Å². The molecule has 3 heteroatoms. The van der Waals surface area contributed by atoms with Gasteiger partial charge in [0.25, 0.3) is 0 Å². The van der Waals surface area contributed by atoms with Crippen LogP contribution in [0, 0.1) is 5.92 Å². The van der Waals surface area contributed by atoms with Crippen LogP contribution in [0.1, 0.15) is 24.8 Å². The van der Waals surface area contributed by atoms with Crippen LogP contribution in [0.3, 0.4) is 0 Å². The maximum absolute atomic E-state index is 5.31. The maximum Gasteiger partial charge on any atom is 0.0618 e. The molecule has 1 aliphatic heterocycles. The number of benzene rings is 1. The number of nitrogens with zero attached hydrogens (tertiary/aromatic N) is 1. The predicted octanol–water partition coefficient (Wildman–Crippen LogP) is 2.45. The molecule has 2 aliphatic rings. The molecule has 1 aliphatic carbocycles. The summed E-state index contributed by atoms with van der Waals surface area (Å²) in [7, 11) is 1.80. The fraction of sp³-hybridized carbons (Fsp3) is 0.647. The van der Waals surface area contributed by atoms with Gasteiger partial charge in [-0.05, 0) is 49.8 Å². The van der Waals surface area contributed by atoms with E-state index in [-0.39, 0.29) is 0 Å². The van der Waals surface area contributed by atoms with E-state index in [2.05, 4.69) is 34.5 Å². The Hall–Kier alpha value is -1.06. The van der Waals surface area contributed by atoms with E-state index in [0.29, 0.717) is 6.04 Å². The van der Waals surface area contributed by atoms with Crippen LogP contribution in [0.15, 0.2) is 24.3 Å². The van der Waals surface area contributed by atoms with Crippen molar-refractivity contribution in [2.45, 2.75) is 31.7 Å². The largest absolute Gasteiger partial charge is 0.383 e. The Morgan fingerprint density at radius 2 is 2.20 bits per heavy atom. The standard InChI is InChI=1S/C17H26N2O/c1-20-13-16(14-7-8-14)18-10-4-11-19-12-9-15-5-2-3-6-17(15)19/h2-3,5-6,14,16,18H,4,7-13H2,1H3. The molecule has 1 heterocycles. The zero-order chi connectivity index (χ0) is 13.8. The Morgan fingerprint density at radius 1 is 1.35 bits per heavy atom. The summed E-state index contributed by atoms with van der Waals surface area (Å²) in [5, 5.41) is 3.68. The van der Waals surface area contributed by atoms with Gasteiger partial charge in [-0.25, -0.2) is 0 Å². The Bertz CT molecular complexity index is 431. The molecule has 20 heavy (non-hydrogen) atoms. The molecule has 1 atom stereocenters. The molecular formula is C17H26N2O. The van der Waals surface area contributed by atoms with Gasteiger partial charge in [0.2, 0.25) is 0 Å². The summed E-state index contributed by atoms with van der Waals surface area (Å²) in [4.78, 5) is 2.53. The topological polar surface area (TPSA) is 24.5 Å². The van der Waals surface area contributed by atoms with Crippen molar-refractivity contribution in [3.05, 3.63) is 29.8 Å². The molecule has 0 bridgehead atoms. The molecule has 1 aromatic carbocycles. The molecule has 1 aromatic rings. The van der Waals surface area contributed by atoms with Crippen LogP contribution in [-0.4, -0.2) is 39.4 Å². The van der Waals surface area contributed by atoms with E-state index < -0.39 is 0 Å². The number of ether oxygens (including phenoxy) is 1. The molecule has 0 radical (unpaired) electrons. The summed E-state index contributed by atoms with van der Waals surface area (Å²) >= 11 is 0. The fourth-order valence-electron chi connectivity index (χ4n) is 3.24. The second-order valence-corrected chi connectivity index (χ2v) is 6.07. The van der Waals surface area contributed by atoms with Gasteiger partial charge in [-0.15, -0.1) is 0 Å². The van der Waals surface area contributed by atoms with E-state index in [1.807, 2.05) is 0 Å². The third-order valence-electron chi connectivity index (χ3n) is 4.53. The number of para-hydroxylation sites is 1. The number of nitrogens with one attached hydrogen (secondary N) is 1. The molecule has 110 valence electrons. The first kappa shape index (κ1) is 13.9. The van der Waals surface area contributed by atoms with Gasteiger partial charge in [-0.3, -0.25) is 0 Å². The molecule has 1 saturated carbocycles. The van der Waals surface area contributed by atoms with E-state index in [1.54, 1.807) is 7.11 Å². The first-order valence-electron chi connectivity index (χ1n) is 7.93. The number of hydrogen-bond acceptors (Lipinski definition) is 3. The van der Waals surface area contributed by atoms with Crippen molar-refractivity contribution >= 4 is 5.69 Å². The summed E-state index contributed by atoms with van der Waals surface area (Å²) in [5.41, 5.74) is 2.96. The van der Waals surface area contributed by atoms with Gasteiger partial charge in [-0.1, -0.05) is 18.2 Å². The number of hydrogen-bond donors (Lipinski definition) is 1. The summed E-state index contributed by atoms with van der Waals surface area (Å²) in [6.45, 7) is 4.30. The minimum absolute atomic E-state index is 0.575. The Balaban J connectivity index is 1.40. The van der Waals surface area contributed by atoms with Gasteiger partial charge in [0.05, 0.1) is 6.61 Å². The lowest BCUT2D eigenvalue weighted by Gasteiger charge is -2.21. The lowest BCUT2D eigenvalue weighted by atomic mass is 10.2. The normalized spacial score (nSPS) is 19.1. The summed E-state index contributed by atoms with van der Waals surface area (Å²) < 4.78 is 5.31. The van der Waals surface area contributed by atoms with E-state index >= 15 is 0 Å². The molecule has 1 N–H and O–H groups in total. The molecule has 3 rings (SSSR count). The third kappa shape index (κ3) is 3.33. The maximum atomic E-state index is 5.31. The van der Waals surface area contributed by atoms with Crippen LogP contribution in [0.4, 0.5) is 5.69 Å². The van der Waals surface area contributed by atoms with Crippen LogP contribution in [0.25, 0.3) is 0 Å². The minimum atomic E-state index is 0.575.